The summed E-state index contributed by atoms with van der Waals surface area (Å²) < 4.78 is 2.14. The van der Waals surface area contributed by atoms with Crippen molar-refractivity contribution in [2.45, 2.75) is 12.5 Å². The number of nitriles is 1. The third-order valence-electron chi connectivity index (χ3n) is 4.46. The van der Waals surface area contributed by atoms with Crippen molar-refractivity contribution in [1.29, 1.82) is 5.26 Å². The first-order valence-corrected chi connectivity index (χ1v) is 8.66. The molecule has 0 aliphatic heterocycles. The van der Waals surface area contributed by atoms with E-state index in [0.29, 0.717) is 5.56 Å². The van der Waals surface area contributed by atoms with Crippen LogP contribution < -0.4 is 0 Å². The van der Waals surface area contributed by atoms with E-state index >= 15 is 0 Å². The zero-order valence-electron chi connectivity index (χ0n) is 14.6. The summed E-state index contributed by atoms with van der Waals surface area (Å²) in [5.41, 5.74) is 4.84. The molecule has 0 aliphatic rings. The summed E-state index contributed by atoms with van der Waals surface area (Å²) in [6, 6.07) is 19.6. The predicted molar refractivity (Wildman–Crippen MR) is 102 cm³/mol. The Hall–Kier alpha value is -3.78. The van der Waals surface area contributed by atoms with Gasteiger partial charge in [-0.05, 0) is 41.5 Å². The molecule has 1 unspecified atom stereocenters. The Bertz CT molecular complexity index is 1010. The van der Waals surface area contributed by atoms with Gasteiger partial charge in [0.15, 0.2) is 0 Å². The zero-order chi connectivity index (χ0) is 18.5. The standard InChI is InChI=1S/C22H17N5/c23-13-18-8-6-17(7-9-18)12-20-15-25-16-27(20)22(19-4-3-10-24-14-19)21-5-1-2-11-26-21/h1-11,14-16,22H,12H2. The smallest absolute Gasteiger partial charge is 0.104 e. The number of hydrogen-bond acceptors (Lipinski definition) is 4. The fraction of sp³-hybridized carbons (Fsp3) is 0.0909. The minimum atomic E-state index is -0.101. The Balaban J connectivity index is 1.74. The average molecular weight is 351 g/mol. The summed E-state index contributed by atoms with van der Waals surface area (Å²) in [6.45, 7) is 0. The molecule has 3 aromatic heterocycles. The highest BCUT2D eigenvalue weighted by molar-refractivity contribution is 5.34. The molecule has 4 rings (SSSR count). The number of benzene rings is 1. The molecule has 1 aromatic carbocycles. The van der Waals surface area contributed by atoms with Gasteiger partial charge in [-0.3, -0.25) is 9.97 Å². The van der Waals surface area contributed by atoms with E-state index < -0.39 is 0 Å². The van der Waals surface area contributed by atoms with Crippen LogP contribution in [0.5, 0.6) is 0 Å². The Labute approximate surface area is 157 Å². The fourth-order valence-electron chi connectivity index (χ4n) is 3.16. The van der Waals surface area contributed by atoms with Crippen LogP contribution in [0.1, 0.15) is 34.1 Å². The first kappa shape index (κ1) is 16.7. The van der Waals surface area contributed by atoms with Gasteiger partial charge in [0.1, 0.15) is 6.04 Å². The van der Waals surface area contributed by atoms with Crippen LogP contribution in [-0.4, -0.2) is 19.5 Å². The van der Waals surface area contributed by atoms with Crippen LogP contribution in [-0.2, 0) is 6.42 Å². The number of nitrogens with zero attached hydrogens (tertiary/aromatic N) is 5. The van der Waals surface area contributed by atoms with Gasteiger partial charge in [-0.25, -0.2) is 4.98 Å². The van der Waals surface area contributed by atoms with Crippen molar-refractivity contribution in [3.63, 3.8) is 0 Å². The van der Waals surface area contributed by atoms with Crippen molar-refractivity contribution in [2.24, 2.45) is 0 Å². The minimum absolute atomic E-state index is 0.101. The Morgan fingerprint density at radius 3 is 2.52 bits per heavy atom. The molecule has 130 valence electrons. The van der Waals surface area contributed by atoms with Crippen molar-refractivity contribution in [2.75, 3.05) is 0 Å². The highest BCUT2D eigenvalue weighted by Gasteiger charge is 2.20. The van der Waals surface area contributed by atoms with Gasteiger partial charge in [0.2, 0.25) is 0 Å². The molecule has 0 bridgehead atoms. The predicted octanol–water partition coefficient (Wildman–Crippen LogP) is 3.77. The van der Waals surface area contributed by atoms with Crippen molar-refractivity contribution in [3.05, 3.63) is 114 Å². The summed E-state index contributed by atoms with van der Waals surface area (Å²) in [5.74, 6) is 0. The molecule has 0 fully saturated rings. The molecule has 0 radical (unpaired) electrons. The molecule has 27 heavy (non-hydrogen) atoms. The molecular formula is C22H17N5. The number of pyridine rings is 2. The van der Waals surface area contributed by atoms with Crippen LogP contribution in [0, 0.1) is 11.3 Å². The van der Waals surface area contributed by atoms with Crippen molar-refractivity contribution in [1.82, 2.24) is 19.5 Å². The van der Waals surface area contributed by atoms with E-state index in [1.165, 1.54) is 0 Å². The van der Waals surface area contributed by atoms with Crippen LogP contribution in [0.4, 0.5) is 0 Å². The van der Waals surface area contributed by atoms with Gasteiger partial charge in [0.05, 0.1) is 23.7 Å². The minimum Gasteiger partial charge on any atom is -0.321 e. The Kier molecular flexibility index (Phi) is 4.71. The number of rotatable bonds is 5. The number of hydrogen-bond donors (Lipinski definition) is 0. The van der Waals surface area contributed by atoms with Crippen LogP contribution >= 0.6 is 0 Å². The van der Waals surface area contributed by atoms with E-state index in [9.17, 15) is 0 Å². The van der Waals surface area contributed by atoms with E-state index in [-0.39, 0.29) is 6.04 Å². The molecule has 0 saturated carbocycles. The Morgan fingerprint density at radius 2 is 1.81 bits per heavy atom. The molecule has 0 N–H and O–H groups in total. The second-order valence-electron chi connectivity index (χ2n) is 6.22. The first-order valence-electron chi connectivity index (χ1n) is 8.66. The second kappa shape index (κ2) is 7.63. The normalized spacial score (nSPS) is 11.7. The van der Waals surface area contributed by atoms with Crippen LogP contribution in [0.15, 0.2) is 85.7 Å². The fourth-order valence-corrected chi connectivity index (χ4v) is 3.16. The molecule has 4 aromatic rings. The quantitative estimate of drug-likeness (QED) is 0.549. The van der Waals surface area contributed by atoms with Gasteiger partial charge in [0.25, 0.3) is 0 Å². The molecule has 0 aliphatic carbocycles. The average Bonchev–Trinajstić information content (AvgIpc) is 3.18. The molecule has 0 saturated heterocycles. The molecule has 5 nitrogen and oxygen atoms in total. The largest absolute Gasteiger partial charge is 0.321 e. The molecule has 0 spiro atoms. The van der Waals surface area contributed by atoms with Gasteiger partial charge in [-0.15, -0.1) is 0 Å². The third-order valence-corrected chi connectivity index (χ3v) is 4.46. The molecule has 5 heteroatoms. The maximum Gasteiger partial charge on any atom is 0.104 e. The van der Waals surface area contributed by atoms with Gasteiger partial charge in [-0.1, -0.05) is 24.3 Å². The zero-order valence-corrected chi connectivity index (χ0v) is 14.6. The van der Waals surface area contributed by atoms with Gasteiger partial charge in [-0.2, -0.15) is 5.26 Å². The van der Waals surface area contributed by atoms with Crippen molar-refractivity contribution in [3.8, 4) is 6.07 Å². The summed E-state index contributed by atoms with van der Waals surface area (Å²) in [7, 11) is 0. The monoisotopic (exact) mass is 351 g/mol. The second-order valence-corrected chi connectivity index (χ2v) is 6.22. The molecule has 0 amide bonds. The first-order chi connectivity index (χ1) is 13.3. The van der Waals surface area contributed by atoms with Crippen molar-refractivity contribution >= 4 is 0 Å². The lowest BCUT2D eigenvalue weighted by Gasteiger charge is -2.21. The lowest BCUT2D eigenvalue weighted by molar-refractivity contribution is 0.630. The topological polar surface area (TPSA) is 67.4 Å². The Morgan fingerprint density at radius 1 is 0.926 bits per heavy atom. The van der Waals surface area contributed by atoms with E-state index in [0.717, 1.165) is 28.9 Å². The van der Waals surface area contributed by atoms with Crippen molar-refractivity contribution < 1.29 is 0 Å². The summed E-state index contributed by atoms with van der Waals surface area (Å²) in [4.78, 5) is 13.2. The maximum atomic E-state index is 8.98. The lowest BCUT2D eigenvalue weighted by Crippen LogP contribution is -2.16. The van der Waals surface area contributed by atoms with Gasteiger partial charge < -0.3 is 4.57 Å². The maximum absolute atomic E-state index is 8.98. The van der Waals surface area contributed by atoms with Gasteiger partial charge in [0, 0.05) is 36.9 Å². The molecular weight excluding hydrogens is 334 g/mol. The highest BCUT2D eigenvalue weighted by Crippen LogP contribution is 2.27. The van der Waals surface area contributed by atoms with E-state index in [2.05, 4.69) is 31.7 Å². The lowest BCUT2D eigenvalue weighted by atomic mass is 10.0. The summed E-state index contributed by atoms with van der Waals surface area (Å²) in [6.07, 6.45) is 9.87. The highest BCUT2D eigenvalue weighted by atomic mass is 15.1. The number of aromatic nitrogens is 4. The number of imidazole rings is 1. The van der Waals surface area contributed by atoms with E-state index in [4.69, 9.17) is 5.26 Å². The van der Waals surface area contributed by atoms with E-state index in [1.54, 1.807) is 12.4 Å². The molecule has 3 heterocycles. The van der Waals surface area contributed by atoms with Crippen LogP contribution in [0.2, 0.25) is 0 Å². The van der Waals surface area contributed by atoms with Crippen LogP contribution in [0.25, 0.3) is 0 Å². The summed E-state index contributed by atoms with van der Waals surface area (Å²) >= 11 is 0. The summed E-state index contributed by atoms with van der Waals surface area (Å²) in [5, 5.41) is 8.98. The molecule has 1 atom stereocenters. The van der Waals surface area contributed by atoms with Gasteiger partial charge >= 0.3 is 0 Å². The SMILES string of the molecule is N#Cc1ccc(Cc2cncn2C(c2cccnc2)c2ccccn2)cc1. The van der Waals surface area contributed by atoms with Crippen LogP contribution in [0.3, 0.4) is 0 Å². The van der Waals surface area contributed by atoms with E-state index in [1.807, 2.05) is 67.3 Å². The third kappa shape index (κ3) is 3.60.